The van der Waals surface area contributed by atoms with Gasteiger partial charge < -0.3 is 0 Å². The molecule has 23 heavy (non-hydrogen) atoms. The van der Waals surface area contributed by atoms with Gasteiger partial charge in [-0.1, -0.05) is 78.6 Å². The summed E-state index contributed by atoms with van der Waals surface area (Å²) in [5.41, 5.74) is 5.33. The fourth-order valence-corrected chi connectivity index (χ4v) is 2.85. The van der Waals surface area contributed by atoms with E-state index >= 15 is 0 Å². The number of nitrogens with one attached hydrogen (secondary N) is 1. The molecule has 0 atom stereocenters. The van der Waals surface area contributed by atoms with E-state index < -0.39 is 0 Å². The highest BCUT2D eigenvalue weighted by molar-refractivity contribution is 7.12. The van der Waals surface area contributed by atoms with Crippen LogP contribution in [0.1, 0.15) is 16.7 Å². The number of aromatic nitrogens is 2. The molecule has 0 aliphatic rings. The summed E-state index contributed by atoms with van der Waals surface area (Å²) in [5, 5.41) is 7.12. The third-order valence-corrected chi connectivity index (χ3v) is 4.39. The van der Waals surface area contributed by atoms with Crippen molar-refractivity contribution in [3.05, 3.63) is 87.5 Å². The molecule has 3 rings (SSSR count). The number of benzene rings is 2. The highest BCUT2D eigenvalue weighted by Crippen LogP contribution is 2.22. The van der Waals surface area contributed by atoms with Crippen LogP contribution in [-0.2, 0) is 0 Å². The fourth-order valence-electron chi connectivity index (χ4n) is 2.24. The zero-order valence-electron chi connectivity index (χ0n) is 12.7. The van der Waals surface area contributed by atoms with Gasteiger partial charge in [-0.3, -0.25) is 4.79 Å². The lowest BCUT2D eigenvalue weighted by atomic mass is 10.0. The maximum Gasteiger partial charge on any atom is 0.322 e. The van der Waals surface area contributed by atoms with Crippen LogP contribution >= 0.6 is 11.3 Å². The molecule has 4 heteroatoms. The average molecular weight is 320 g/mol. The number of aromatic amines is 1. The second-order valence-corrected chi connectivity index (χ2v) is 6.17. The molecule has 1 heterocycles. The lowest BCUT2D eigenvalue weighted by molar-refractivity contribution is 1.06. The highest BCUT2D eigenvalue weighted by atomic mass is 32.1. The monoisotopic (exact) mass is 320 g/mol. The van der Waals surface area contributed by atoms with Gasteiger partial charge in [0.2, 0.25) is 0 Å². The Labute approximate surface area is 138 Å². The third kappa shape index (κ3) is 3.55. The largest absolute Gasteiger partial charge is 0.322 e. The van der Waals surface area contributed by atoms with Crippen LogP contribution in [0.25, 0.3) is 22.2 Å². The van der Waals surface area contributed by atoms with Crippen molar-refractivity contribution in [2.45, 2.75) is 6.92 Å². The molecule has 0 amide bonds. The predicted octanol–water partition coefficient (Wildman–Crippen LogP) is 4.53. The van der Waals surface area contributed by atoms with Gasteiger partial charge >= 0.3 is 4.87 Å². The molecular weight excluding hydrogens is 304 g/mol. The van der Waals surface area contributed by atoms with Crippen molar-refractivity contribution in [1.29, 1.82) is 0 Å². The maximum atomic E-state index is 11.2. The summed E-state index contributed by atoms with van der Waals surface area (Å²) in [6.45, 7) is 6.21. The van der Waals surface area contributed by atoms with Crippen molar-refractivity contribution in [3.63, 3.8) is 0 Å². The minimum Gasteiger partial charge on any atom is -0.255 e. The first kappa shape index (κ1) is 15.2. The molecule has 2 aromatic carbocycles. The Morgan fingerprint density at radius 2 is 1.91 bits per heavy atom. The quantitative estimate of drug-likeness (QED) is 0.718. The van der Waals surface area contributed by atoms with Crippen LogP contribution in [0.15, 0.2) is 66.0 Å². The van der Waals surface area contributed by atoms with E-state index in [0.29, 0.717) is 5.01 Å². The summed E-state index contributed by atoms with van der Waals surface area (Å²) in [4.78, 5) is 11.0. The molecule has 0 aliphatic heterocycles. The molecule has 0 fully saturated rings. The summed E-state index contributed by atoms with van der Waals surface area (Å²) in [6, 6.07) is 16.1. The Morgan fingerprint density at radius 3 is 2.57 bits per heavy atom. The smallest absolute Gasteiger partial charge is 0.255 e. The molecule has 3 aromatic rings. The van der Waals surface area contributed by atoms with Gasteiger partial charge in [0.05, 0.1) is 0 Å². The molecule has 1 N–H and O–H groups in total. The Hall–Kier alpha value is -2.72. The van der Waals surface area contributed by atoms with Crippen LogP contribution in [0.5, 0.6) is 0 Å². The highest BCUT2D eigenvalue weighted by Gasteiger charge is 2.04. The summed E-state index contributed by atoms with van der Waals surface area (Å²) in [7, 11) is 0. The standard InChI is InChI=1S/C19H16N2OS/c1-13-5-3-4-6-15(13)8-7-14(2)16-9-11-17(12-10-16)18-20-21-19(22)23-18/h3-12H,2H2,1H3,(H,21,22)/b8-7-. The maximum absolute atomic E-state index is 11.2. The van der Waals surface area contributed by atoms with Crippen molar-refractivity contribution < 1.29 is 0 Å². The van der Waals surface area contributed by atoms with E-state index in [1.54, 1.807) is 0 Å². The van der Waals surface area contributed by atoms with Gasteiger partial charge in [0.15, 0.2) is 0 Å². The number of H-pyrrole nitrogens is 1. The molecule has 1 aromatic heterocycles. The lowest BCUT2D eigenvalue weighted by Crippen LogP contribution is -1.90. The lowest BCUT2D eigenvalue weighted by Gasteiger charge is -2.03. The summed E-state index contributed by atoms with van der Waals surface area (Å²) in [6.07, 6.45) is 4.09. The molecule has 0 aliphatic carbocycles. The number of rotatable bonds is 4. The Kier molecular flexibility index (Phi) is 4.35. The van der Waals surface area contributed by atoms with Crippen molar-refractivity contribution in [3.8, 4) is 10.6 Å². The van der Waals surface area contributed by atoms with E-state index in [1.165, 1.54) is 11.1 Å². The van der Waals surface area contributed by atoms with E-state index in [0.717, 1.165) is 28.0 Å². The second-order valence-electron chi connectivity index (χ2n) is 5.21. The van der Waals surface area contributed by atoms with Crippen LogP contribution in [0.3, 0.4) is 0 Å². The second kappa shape index (κ2) is 6.58. The van der Waals surface area contributed by atoms with E-state index in [-0.39, 0.29) is 4.87 Å². The minimum atomic E-state index is -0.144. The number of nitrogens with zero attached hydrogens (tertiary/aromatic N) is 1. The molecule has 0 spiro atoms. The van der Waals surface area contributed by atoms with Crippen LogP contribution in [0, 0.1) is 6.92 Å². The Bertz CT molecular complexity index is 917. The first-order chi connectivity index (χ1) is 11.1. The van der Waals surface area contributed by atoms with Gasteiger partial charge in [0.1, 0.15) is 5.01 Å². The number of hydrogen-bond donors (Lipinski definition) is 1. The fraction of sp³-hybridized carbons (Fsp3) is 0.0526. The van der Waals surface area contributed by atoms with Crippen molar-refractivity contribution in [1.82, 2.24) is 10.2 Å². The van der Waals surface area contributed by atoms with E-state index in [1.807, 2.05) is 42.5 Å². The first-order valence-electron chi connectivity index (χ1n) is 7.22. The molecule has 0 saturated heterocycles. The van der Waals surface area contributed by atoms with E-state index in [9.17, 15) is 4.79 Å². The van der Waals surface area contributed by atoms with Crippen LogP contribution in [0.4, 0.5) is 0 Å². The summed E-state index contributed by atoms with van der Waals surface area (Å²) < 4.78 is 0. The van der Waals surface area contributed by atoms with Gasteiger partial charge in [0, 0.05) is 5.56 Å². The van der Waals surface area contributed by atoms with Crippen LogP contribution in [0.2, 0.25) is 0 Å². The summed E-state index contributed by atoms with van der Waals surface area (Å²) in [5.74, 6) is 0. The van der Waals surface area contributed by atoms with Gasteiger partial charge in [-0.05, 0) is 29.2 Å². The van der Waals surface area contributed by atoms with E-state index in [4.69, 9.17) is 0 Å². The normalized spacial score (nSPS) is 11.0. The number of allylic oxidation sites excluding steroid dienone is 2. The molecule has 114 valence electrons. The molecular formula is C19H16N2OS. The zero-order valence-corrected chi connectivity index (χ0v) is 13.6. The van der Waals surface area contributed by atoms with E-state index in [2.05, 4.69) is 41.9 Å². The molecule has 0 unspecified atom stereocenters. The van der Waals surface area contributed by atoms with Crippen LogP contribution in [-0.4, -0.2) is 10.2 Å². The predicted molar refractivity (Wildman–Crippen MR) is 97.4 cm³/mol. The molecule has 0 radical (unpaired) electrons. The molecule has 0 bridgehead atoms. The summed E-state index contributed by atoms with van der Waals surface area (Å²) >= 11 is 1.11. The van der Waals surface area contributed by atoms with Gasteiger partial charge in [-0.2, -0.15) is 5.10 Å². The number of aryl methyl sites for hydroxylation is 1. The molecule has 3 nitrogen and oxygen atoms in total. The van der Waals surface area contributed by atoms with Gasteiger partial charge in [0.25, 0.3) is 0 Å². The van der Waals surface area contributed by atoms with Crippen molar-refractivity contribution in [2.75, 3.05) is 0 Å². The van der Waals surface area contributed by atoms with Crippen molar-refractivity contribution >= 4 is 23.0 Å². The Balaban J connectivity index is 1.78. The SMILES string of the molecule is C=C(/C=C\c1ccccc1C)c1ccc(-c2n[nH]c(=O)s2)cc1. The van der Waals surface area contributed by atoms with Gasteiger partial charge in [-0.25, -0.2) is 5.10 Å². The minimum absolute atomic E-state index is 0.144. The topological polar surface area (TPSA) is 45.8 Å². The average Bonchev–Trinajstić information content (AvgIpc) is 3.00. The van der Waals surface area contributed by atoms with Gasteiger partial charge in [-0.15, -0.1) is 0 Å². The van der Waals surface area contributed by atoms with Crippen molar-refractivity contribution in [2.24, 2.45) is 0 Å². The zero-order chi connectivity index (χ0) is 16.2. The number of hydrogen-bond acceptors (Lipinski definition) is 3. The van der Waals surface area contributed by atoms with Crippen LogP contribution < -0.4 is 4.87 Å². The Morgan fingerprint density at radius 1 is 1.17 bits per heavy atom. The first-order valence-corrected chi connectivity index (χ1v) is 8.04. The molecule has 0 saturated carbocycles. The third-order valence-electron chi connectivity index (χ3n) is 3.59.